The molecule has 2 aromatic carbocycles. The number of methoxy groups -OCH3 is 1. The first-order valence-corrected chi connectivity index (χ1v) is 7.20. The number of nitrogens with one attached hydrogen (secondary N) is 1. The summed E-state index contributed by atoms with van der Waals surface area (Å²) in [6.07, 6.45) is 0.635. The van der Waals surface area contributed by atoms with Gasteiger partial charge in [-0.15, -0.1) is 0 Å². The van der Waals surface area contributed by atoms with Crippen molar-refractivity contribution in [3.05, 3.63) is 53.6 Å². The number of hydrogen-bond acceptors (Lipinski definition) is 5. The van der Waals surface area contributed by atoms with Crippen molar-refractivity contribution in [3.63, 3.8) is 0 Å². The third kappa shape index (κ3) is 4.42. The first-order chi connectivity index (χ1) is 11.5. The van der Waals surface area contributed by atoms with E-state index in [9.17, 15) is 14.4 Å². The second-order valence-corrected chi connectivity index (χ2v) is 4.99. The Labute approximate surface area is 139 Å². The lowest BCUT2D eigenvalue weighted by atomic mass is 10.1. The standard InChI is InChI=1S/C18H17NO5/c1-12(21)13-3-5-15(6-4-13)19-18(22)11-24-17-8-7-16(23-2)9-14(17)10-20/h3-10H,11H2,1-2H3,(H,19,22). The molecule has 1 N–H and O–H groups in total. The number of aldehydes is 1. The van der Waals surface area contributed by atoms with E-state index in [1.807, 2.05) is 0 Å². The zero-order valence-electron chi connectivity index (χ0n) is 13.4. The molecule has 0 aliphatic rings. The van der Waals surface area contributed by atoms with Crippen LogP contribution in [-0.4, -0.2) is 31.7 Å². The molecule has 0 aliphatic carbocycles. The Bertz CT molecular complexity index is 753. The van der Waals surface area contributed by atoms with Gasteiger partial charge in [0.2, 0.25) is 0 Å². The van der Waals surface area contributed by atoms with Gasteiger partial charge in [-0.1, -0.05) is 0 Å². The fraction of sp³-hybridized carbons (Fsp3) is 0.167. The molecule has 124 valence electrons. The molecule has 6 nitrogen and oxygen atoms in total. The Morgan fingerprint density at radius 3 is 2.42 bits per heavy atom. The summed E-state index contributed by atoms with van der Waals surface area (Å²) in [5, 5.41) is 2.65. The second-order valence-electron chi connectivity index (χ2n) is 4.99. The molecule has 24 heavy (non-hydrogen) atoms. The zero-order valence-corrected chi connectivity index (χ0v) is 13.4. The van der Waals surface area contributed by atoms with Gasteiger partial charge >= 0.3 is 0 Å². The van der Waals surface area contributed by atoms with Crippen LogP contribution in [0.1, 0.15) is 27.6 Å². The van der Waals surface area contributed by atoms with E-state index in [1.165, 1.54) is 20.1 Å². The van der Waals surface area contributed by atoms with Gasteiger partial charge < -0.3 is 14.8 Å². The lowest BCUT2D eigenvalue weighted by Gasteiger charge is -2.10. The number of benzene rings is 2. The number of ketones is 1. The lowest BCUT2D eigenvalue weighted by molar-refractivity contribution is -0.118. The van der Waals surface area contributed by atoms with Crippen LogP contribution in [0.3, 0.4) is 0 Å². The molecule has 0 saturated heterocycles. The van der Waals surface area contributed by atoms with E-state index in [0.717, 1.165) is 0 Å². The summed E-state index contributed by atoms with van der Waals surface area (Å²) < 4.78 is 10.4. The van der Waals surface area contributed by atoms with E-state index in [-0.39, 0.29) is 18.3 Å². The Kier molecular flexibility index (Phi) is 5.68. The third-order valence-corrected chi connectivity index (χ3v) is 3.28. The Balaban J connectivity index is 1.95. The van der Waals surface area contributed by atoms with Gasteiger partial charge in [-0.05, 0) is 49.4 Å². The number of hydrogen-bond donors (Lipinski definition) is 1. The zero-order chi connectivity index (χ0) is 17.5. The van der Waals surface area contributed by atoms with Gasteiger partial charge in [0.25, 0.3) is 5.91 Å². The molecular weight excluding hydrogens is 310 g/mol. The quantitative estimate of drug-likeness (QED) is 0.624. The van der Waals surface area contributed by atoms with E-state index in [4.69, 9.17) is 9.47 Å². The molecule has 0 spiro atoms. The molecule has 0 atom stereocenters. The predicted molar refractivity (Wildman–Crippen MR) is 89.0 cm³/mol. The van der Waals surface area contributed by atoms with Crippen molar-refractivity contribution in [2.45, 2.75) is 6.92 Å². The molecular formula is C18H17NO5. The van der Waals surface area contributed by atoms with Gasteiger partial charge in [0, 0.05) is 11.3 Å². The number of amides is 1. The number of ether oxygens (including phenoxy) is 2. The van der Waals surface area contributed by atoms with Crippen LogP contribution in [0.25, 0.3) is 0 Å². The molecule has 0 fully saturated rings. The fourth-order valence-corrected chi connectivity index (χ4v) is 2.01. The molecule has 6 heteroatoms. The highest BCUT2D eigenvalue weighted by Gasteiger charge is 2.09. The maximum absolute atomic E-state index is 11.9. The summed E-state index contributed by atoms with van der Waals surface area (Å²) in [5.74, 6) is 0.405. The van der Waals surface area contributed by atoms with Crippen molar-refractivity contribution >= 4 is 23.7 Å². The highest BCUT2D eigenvalue weighted by molar-refractivity contribution is 5.96. The summed E-state index contributed by atoms with van der Waals surface area (Å²) in [7, 11) is 1.50. The van der Waals surface area contributed by atoms with Gasteiger partial charge in [-0.3, -0.25) is 14.4 Å². The molecule has 2 rings (SSSR count). The third-order valence-electron chi connectivity index (χ3n) is 3.28. The summed E-state index contributed by atoms with van der Waals surface area (Å²) >= 11 is 0. The first kappa shape index (κ1) is 17.2. The van der Waals surface area contributed by atoms with Crippen molar-refractivity contribution in [2.75, 3.05) is 19.0 Å². The number of anilines is 1. The van der Waals surface area contributed by atoms with Crippen LogP contribution in [0.5, 0.6) is 11.5 Å². The van der Waals surface area contributed by atoms with E-state index >= 15 is 0 Å². The normalized spacial score (nSPS) is 9.92. The van der Waals surface area contributed by atoms with Crippen LogP contribution in [0.4, 0.5) is 5.69 Å². The molecule has 0 aromatic heterocycles. The summed E-state index contributed by atoms with van der Waals surface area (Å²) in [4.78, 5) is 34.2. The van der Waals surface area contributed by atoms with Gasteiger partial charge in [0.15, 0.2) is 18.7 Å². The van der Waals surface area contributed by atoms with Crippen molar-refractivity contribution < 1.29 is 23.9 Å². The number of carbonyl (C=O) groups is 3. The maximum Gasteiger partial charge on any atom is 0.262 e. The highest BCUT2D eigenvalue weighted by Crippen LogP contribution is 2.22. The lowest BCUT2D eigenvalue weighted by Crippen LogP contribution is -2.20. The Morgan fingerprint density at radius 2 is 1.83 bits per heavy atom. The van der Waals surface area contributed by atoms with Crippen LogP contribution >= 0.6 is 0 Å². The molecule has 0 bridgehead atoms. The average Bonchev–Trinajstić information content (AvgIpc) is 2.60. The summed E-state index contributed by atoms with van der Waals surface area (Å²) in [5.41, 5.74) is 1.42. The SMILES string of the molecule is COc1ccc(OCC(=O)Nc2ccc(C(C)=O)cc2)c(C=O)c1. The molecule has 1 amide bonds. The highest BCUT2D eigenvalue weighted by atomic mass is 16.5. The molecule has 0 saturated carbocycles. The topological polar surface area (TPSA) is 81.7 Å². The number of rotatable bonds is 7. The van der Waals surface area contributed by atoms with Crippen molar-refractivity contribution in [2.24, 2.45) is 0 Å². The minimum absolute atomic E-state index is 0.0443. The van der Waals surface area contributed by atoms with Gasteiger partial charge in [-0.25, -0.2) is 0 Å². The maximum atomic E-state index is 11.9. The molecule has 0 aliphatic heterocycles. The van der Waals surface area contributed by atoms with Crippen molar-refractivity contribution in [3.8, 4) is 11.5 Å². The average molecular weight is 327 g/mol. The van der Waals surface area contributed by atoms with Crippen LogP contribution in [0.15, 0.2) is 42.5 Å². The van der Waals surface area contributed by atoms with Gasteiger partial charge in [0.1, 0.15) is 11.5 Å². The summed E-state index contributed by atoms with van der Waals surface area (Å²) in [6.45, 7) is 1.22. The Morgan fingerprint density at radius 1 is 1.12 bits per heavy atom. The van der Waals surface area contributed by atoms with Crippen LogP contribution in [0, 0.1) is 0 Å². The van der Waals surface area contributed by atoms with Gasteiger partial charge in [0.05, 0.1) is 12.7 Å². The van der Waals surface area contributed by atoms with Crippen LogP contribution in [0.2, 0.25) is 0 Å². The number of carbonyl (C=O) groups excluding carboxylic acids is 3. The Hall–Kier alpha value is -3.15. The first-order valence-electron chi connectivity index (χ1n) is 7.20. The molecule has 0 heterocycles. The largest absolute Gasteiger partial charge is 0.497 e. The molecule has 0 radical (unpaired) electrons. The van der Waals surface area contributed by atoms with Crippen molar-refractivity contribution in [1.29, 1.82) is 0 Å². The van der Waals surface area contributed by atoms with Crippen LogP contribution < -0.4 is 14.8 Å². The molecule has 2 aromatic rings. The smallest absolute Gasteiger partial charge is 0.262 e. The van der Waals surface area contributed by atoms with E-state index in [0.29, 0.717) is 34.6 Å². The van der Waals surface area contributed by atoms with E-state index in [2.05, 4.69) is 5.32 Å². The fourth-order valence-electron chi connectivity index (χ4n) is 2.01. The summed E-state index contributed by atoms with van der Waals surface area (Å²) in [6, 6.07) is 11.3. The van der Waals surface area contributed by atoms with Gasteiger partial charge in [-0.2, -0.15) is 0 Å². The van der Waals surface area contributed by atoms with Crippen LogP contribution in [-0.2, 0) is 4.79 Å². The molecule has 0 unspecified atom stereocenters. The monoisotopic (exact) mass is 327 g/mol. The minimum Gasteiger partial charge on any atom is -0.497 e. The van der Waals surface area contributed by atoms with Crippen molar-refractivity contribution in [1.82, 2.24) is 0 Å². The predicted octanol–water partition coefficient (Wildman–Crippen LogP) is 2.73. The minimum atomic E-state index is -0.377. The second kappa shape index (κ2) is 7.92. The van der Waals surface area contributed by atoms with E-state index < -0.39 is 0 Å². The number of Topliss-reactive ketones (excluding diaryl/α,β-unsaturated/α-hetero) is 1. The van der Waals surface area contributed by atoms with E-state index in [1.54, 1.807) is 36.4 Å².